The van der Waals surface area contributed by atoms with Gasteiger partial charge < -0.3 is 15.4 Å². The zero-order valence-electron chi connectivity index (χ0n) is 13.4. The van der Waals surface area contributed by atoms with Gasteiger partial charge in [0, 0.05) is 16.3 Å². The van der Waals surface area contributed by atoms with Crippen molar-refractivity contribution in [2.75, 3.05) is 5.32 Å². The molecular formula is C18H16ClN3O3. The lowest BCUT2D eigenvalue weighted by atomic mass is 9.80. The van der Waals surface area contributed by atoms with Gasteiger partial charge in [-0.1, -0.05) is 29.8 Å². The van der Waals surface area contributed by atoms with E-state index in [0.29, 0.717) is 16.5 Å². The monoisotopic (exact) mass is 357 g/mol. The molecule has 0 spiro atoms. The summed E-state index contributed by atoms with van der Waals surface area (Å²) in [5, 5.41) is 9.04. The molecule has 2 aliphatic heterocycles. The van der Waals surface area contributed by atoms with Crippen molar-refractivity contribution >= 4 is 29.2 Å². The molecule has 1 saturated heterocycles. The number of halogens is 1. The Bertz CT molecular complexity index is 855. The first kappa shape index (κ1) is 15.8. The minimum Gasteiger partial charge on any atom is -0.467 e. The number of rotatable bonds is 2. The van der Waals surface area contributed by atoms with Crippen LogP contribution in [0.25, 0.3) is 0 Å². The Morgan fingerprint density at radius 1 is 1.20 bits per heavy atom. The summed E-state index contributed by atoms with van der Waals surface area (Å²) in [5.41, 5.74) is 0.269. The fraction of sp³-hybridized carbons (Fsp3) is 0.222. The van der Waals surface area contributed by atoms with Crippen molar-refractivity contribution in [3.8, 4) is 5.75 Å². The van der Waals surface area contributed by atoms with Crippen LogP contribution in [-0.2, 0) is 4.79 Å². The first-order valence-electron chi connectivity index (χ1n) is 7.89. The molecule has 4 rings (SSSR count). The third-order valence-electron chi connectivity index (χ3n) is 4.55. The summed E-state index contributed by atoms with van der Waals surface area (Å²) in [6.07, 6.45) is 0. The summed E-state index contributed by atoms with van der Waals surface area (Å²) in [5.74, 6) is -0.245. The lowest BCUT2D eigenvalue weighted by Crippen LogP contribution is -2.70. The number of benzene rings is 2. The van der Waals surface area contributed by atoms with Gasteiger partial charge in [0.2, 0.25) is 5.91 Å². The van der Waals surface area contributed by atoms with Crippen LogP contribution in [0.5, 0.6) is 5.75 Å². The molecule has 3 amide bonds. The van der Waals surface area contributed by atoms with Crippen LogP contribution in [0.2, 0.25) is 5.02 Å². The Morgan fingerprint density at radius 2 is 1.92 bits per heavy atom. The maximum absolute atomic E-state index is 13.0. The van der Waals surface area contributed by atoms with Crippen molar-refractivity contribution in [1.82, 2.24) is 10.6 Å². The van der Waals surface area contributed by atoms with E-state index >= 15 is 0 Å². The molecule has 25 heavy (non-hydrogen) atoms. The summed E-state index contributed by atoms with van der Waals surface area (Å²) >= 11 is 5.88. The highest BCUT2D eigenvalue weighted by Crippen LogP contribution is 2.44. The van der Waals surface area contributed by atoms with Gasteiger partial charge in [-0.3, -0.25) is 10.1 Å². The predicted octanol–water partition coefficient (Wildman–Crippen LogP) is 3.06. The Morgan fingerprint density at radius 3 is 2.68 bits per heavy atom. The molecule has 3 atom stereocenters. The van der Waals surface area contributed by atoms with Crippen molar-refractivity contribution in [3.63, 3.8) is 0 Å². The van der Waals surface area contributed by atoms with Gasteiger partial charge in [0.05, 0.1) is 6.04 Å². The summed E-state index contributed by atoms with van der Waals surface area (Å²) < 4.78 is 6.00. The maximum atomic E-state index is 13.0. The van der Waals surface area contributed by atoms with Crippen LogP contribution in [0.15, 0.2) is 48.5 Å². The topological polar surface area (TPSA) is 79.5 Å². The van der Waals surface area contributed by atoms with Gasteiger partial charge in [0.25, 0.3) is 0 Å². The maximum Gasteiger partial charge on any atom is 0.318 e. The third-order valence-corrected chi connectivity index (χ3v) is 4.80. The first-order valence-corrected chi connectivity index (χ1v) is 8.27. The molecule has 0 aromatic heterocycles. The van der Waals surface area contributed by atoms with E-state index in [0.717, 1.165) is 5.56 Å². The summed E-state index contributed by atoms with van der Waals surface area (Å²) in [6, 6.07) is 13.4. The second kappa shape index (κ2) is 5.67. The average molecular weight is 358 g/mol. The molecule has 128 valence electrons. The standard InChI is InChI=1S/C18H16ClN3O3/c1-18-14(16(23)20-11-8-6-10(19)7-9-11)15(21-17(24)22-18)12-4-2-3-5-13(12)25-18/h2-9,14-15H,1H3,(H,20,23)(H2,21,22,24)/t14-,15+,18-/m1/s1. The molecule has 0 saturated carbocycles. The number of nitrogens with one attached hydrogen (secondary N) is 3. The van der Waals surface area contributed by atoms with Gasteiger partial charge >= 0.3 is 6.03 Å². The van der Waals surface area contributed by atoms with Crippen LogP contribution in [0.3, 0.4) is 0 Å². The largest absolute Gasteiger partial charge is 0.467 e. The number of urea groups is 1. The van der Waals surface area contributed by atoms with E-state index in [-0.39, 0.29) is 11.9 Å². The van der Waals surface area contributed by atoms with Crippen molar-refractivity contribution in [2.45, 2.75) is 18.7 Å². The number of fused-ring (bicyclic) bond motifs is 4. The molecule has 2 aromatic carbocycles. The van der Waals surface area contributed by atoms with Crippen LogP contribution >= 0.6 is 11.6 Å². The lowest BCUT2D eigenvalue weighted by Gasteiger charge is -2.49. The van der Waals surface area contributed by atoms with Crippen molar-refractivity contribution < 1.29 is 14.3 Å². The molecular weight excluding hydrogens is 342 g/mol. The van der Waals surface area contributed by atoms with E-state index in [2.05, 4.69) is 16.0 Å². The highest BCUT2D eigenvalue weighted by Gasteiger charge is 2.55. The Labute approximate surface area is 149 Å². The number of anilines is 1. The van der Waals surface area contributed by atoms with Crippen LogP contribution in [0.1, 0.15) is 18.5 Å². The van der Waals surface area contributed by atoms with E-state index in [1.807, 2.05) is 24.3 Å². The molecule has 7 heteroatoms. The summed E-state index contributed by atoms with van der Waals surface area (Å²) in [4.78, 5) is 25.0. The van der Waals surface area contributed by atoms with Gasteiger partial charge in [-0.2, -0.15) is 0 Å². The first-order chi connectivity index (χ1) is 12.0. The summed E-state index contributed by atoms with van der Waals surface area (Å²) in [6.45, 7) is 1.71. The van der Waals surface area contributed by atoms with Gasteiger partial charge in [-0.15, -0.1) is 0 Å². The van der Waals surface area contributed by atoms with Crippen molar-refractivity contribution in [2.24, 2.45) is 5.92 Å². The molecule has 3 N–H and O–H groups in total. The quantitative estimate of drug-likeness (QED) is 0.772. The van der Waals surface area contributed by atoms with Crippen LogP contribution in [0.4, 0.5) is 10.5 Å². The van der Waals surface area contributed by atoms with E-state index in [1.54, 1.807) is 31.2 Å². The molecule has 0 radical (unpaired) electrons. The molecule has 0 aliphatic carbocycles. The number of para-hydroxylation sites is 1. The zero-order valence-corrected chi connectivity index (χ0v) is 14.1. The number of amides is 3. The summed E-state index contributed by atoms with van der Waals surface area (Å²) in [7, 11) is 0. The molecule has 2 aromatic rings. The number of ether oxygens (including phenoxy) is 1. The third kappa shape index (κ3) is 2.68. The SMILES string of the molecule is C[C@@]12NC(=O)N[C@@H](c3ccccc3O1)[C@@H]2C(=O)Nc1ccc(Cl)cc1. The fourth-order valence-corrected chi connectivity index (χ4v) is 3.57. The minimum atomic E-state index is -1.14. The van der Waals surface area contributed by atoms with Gasteiger partial charge in [-0.05, 0) is 37.3 Å². The molecule has 2 heterocycles. The number of carbonyl (C=O) groups excluding carboxylic acids is 2. The van der Waals surface area contributed by atoms with E-state index in [1.165, 1.54) is 0 Å². The molecule has 6 nitrogen and oxygen atoms in total. The van der Waals surface area contributed by atoms with Gasteiger partial charge in [0.1, 0.15) is 11.7 Å². The molecule has 1 fully saturated rings. The fourth-order valence-electron chi connectivity index (χ4n) is 3.44. The second-order valence-corrected chi connectivity index (χ2v) is 6.73. The van der Waals surface area contributed by atoms with E-state index in [9.17, 15) is 9.59 Å². The van der Waals surface area contributed by atoms with Crippen molar-refractivity contribution in [3.05, 3.63) is 59.1 Å². The van der Waals surface area contributed by atoms with Crippen molar-refractivity contribution in [1.29, 1.82) is 0 Å². The Hall–Kier alpha value is -2.73. The van der Waals surface area contributed by atoms with E-state index < -0.39 is 17.7 Å². The number of hydrogen-bond donors (Lipinski definition) is 3. The lowest BCUT2D eigenvalue weighted by molar-refractivity contribution is -0.133. The molecule has 2 bridgehead atoms. The Balaban J connectivity index is 1.69. The second-order valence-electron chi connectivity index (χ2n) is 6.30. The van der Waals surface area contributed by atoms with Crippen LogP contribution in [-0.4, -0.2) is 17.7 Å². The number of hydrogen-bond acceptors (Lipinski definition) is 3. The number of carbonyl (C=O) groups is 2. The highest BCUT2D eigenvalue weighted by atomic mass is 35.5. The minimum absolute atomic E-state index is 0.253. The molecule has 2 aliphatic rings. The zero-order chi connectivity index (χ0) is 17.6. The normalized spacial score (nSPS) is 26.6. The predicted molar refractivity (Wildman–Crippen MR) is 93.5 cm³/mol. The van der Waals surface area contributed by atoms with Gasteiger partial charge in [-0.25, -0.2) is 4.79 Å². The average Bonchev–Trinajstić information content (AvgIpc) is 2.55. The van der Waals surface area contributed by atoms with E-state index in [4.69, 9.17) is 16.3 Å². The Kier molecular flexibility index (Phi) is 3.58. The van der Waals surface area contributed by atoms with Crippen LogP contribution in [0, 0.1) is 5.92 Å². The van der Waals surface area contributed by atoms with Gasteiger partial charge in [0.15, 0.2) is 5.72 Å². The van der Waals surface area contributed by atoms with Crippen LogP contribution < -0.4 is 20.7 Å². The molecule has 0 unspecified atom stereocenters. The highest BCUT2D eigenvalue weighted by molar-refractivity contribution is 6.30. The smallest absolute Gasteiger partial charge is 0.318 e.